The summed E-state index contributed by atoms with van der Waals surface area (Å²) >= 11 is 0. The topological polar surface area (TPSA) is 78.4 Å². The largest absolute Gasteiger partial charge is 0.508 e. The highest BCUT2D eigenvalue weighted by Crippen LogP contribution is 2.10. The summed E-state index contributed by atoms with van der Waals surface area (Å²) in [5.41, 5.74) is 0.394. The average Bonchev–Trinajstić information content (AvgIpc) is 2.33. The Kier molecular flexibility index (Phi) is 5.17. The van der Waals surface area contributed by atoms with Gasteiger partial charge in [0, 0.05) is 24.6 Å². The summed E-state index contributed by atoms with van der Waals surface area (Å²) in [6, 6.07) is 6.11. The number of aromatic hydroxyl groups is 1. The Morgan fingerprint density at radius 3 is 2.50 bits per heavy atom. The van der Waals surface area contributed by atoms with Gasteiger partial charge in [-0.2, -0.15) is 0 Å². The van der Waals surface area contributed by atoms with Crippen LogP contribution in [0.5, 0.6) is 5.75 Å². The minimum atomic E-state index is -0.273. The molecule has 5 heteroatoms. The minimum absolute atomic E-state index is 0.0402. The second-order valence-electron chi connectivity index (χ2n) is 4.25. The second kappa shape index (κ2) is 6.64. The van der Waals surface area contributed by atoms with E-state index >= 15 is 0 Å². The molecule has 5 nitrogen and oxygen atoms in total. The number of carbonyl (C=O) groups is 2. The van der Waals surface area contributed by atoms with E-state index in [9.17, 15) is 14.7 Å². The van der Waals surface area contributed by atoms with Crippen molar-refractivity contribution in [3.63, 3.8) is 0 Å². The van der Waals surface area contributed by atoms with Gasteiger partial charge in [-0.25, -0.2) is 0 Å². The highest BCUT2D eigenvalue weighted by Gasteiger charge is 2.07. The standard InChI is InChI=1S/C13H18N2O3/c1-9(2)12(17)14-6-7-15-13(18)10-4-3-5-11(16)8-10/h3-5,8-9,16H,6-7H2,1-2H3,(H,14,17)(H,15,18). The van der Waals surface area contributed by atoms with Crippen LogP contribution in [0, 0.1) is 5.92 Å². The summed E-state index contributed by atoms with van der Waals surface area (Å²) in [4.78, 5) is 22.9. The van der Waals surface area contributed by atoms with Gasteiger partial charge in [0.1, 0.15) is 5.75 Å². The highest BCUT2D eigenvalue weighted by molar-refractivity contribution is 5.94. The lowest BCUT2D eigenvalue weighted by Crippen LogP contribution is -2.36. The predicted octanol–water partition coefficient (Wildman–Crippen LogP) is 0.894. The molecular formula is C13H18N2O3. The molecule has 1 rings (SSSR count). The third kappa shape index (κ3) is 4.45. The second-order valence-corrected chi connectivity index (χ2v) is 4.25. The fourth-order valence-corrected chi connectivity index (χ4v) is 1.32. The van der Waals surface area contributed by atoms with Crippen LogP contribution in [0.1, 0.15) is 24.2 Å². The number of phenolic OH excluding ortho intramolecular Hbond substituents is 1. The fourth-order valence-electron chi connectivity index (χ4n) is 1.32. The molecule has 0 heterocycles. The molecule has 2 amide bonds. The first-order chi connectivity index (χ1) is 8.50. The molecule has 3 N–H and O–H groups in total. The van der Waals surface area contributed by atoms with Gasteiger partial charge in [-0.1, -0.05) is 19.9 Å². The highest BCUT2D eigenvalue weighted by atomic mass is 16.3. The summed E-state index contributed by atoms with van der Waals surface area (Å²) in [6.07, 6.45) is 0. The van der Waals surface area contributed by atoms with Gasteiger partial charge in [-0.3, -0.25) is 9.59 Å². The van der Waals surface area contributed by atoms with Crippen molar-refractivity contribution in [3.05, 3.63) is 29.8 Å². The summed E-state index contributed by atoms with van der Waals surface area (Å²) in [5.74, 6) is -0.325. The number of hydrogen-bond donors (Lipinski definition) is 3. The number of phenols is 1. The van der Waals surface area contributed by atoms with Crippen molar-refractivity contribution in [2.24, 2.45) is 5.92 Å². The van der Waals surface area contributed by atoms with E-state index in [0.717, 1.165) is 0 Å². The summed E-state index contributed by atoms with van der Waals surface area (Å²) in [6.45, 7) is 4.36. The zero-order chi connectivity index (χ0) is 13.5. The lowest BCUT2D eigenvalue weighted by atomic mass is 10.2. The van der Waals surface area contributed by atoms with E-state index < -0.39 is 0 Å². The van der Waals surface area contributed by atoms with Crippen LogP contribution in [0.25, 0.3) is 0 Å². The van der Waals surface area contributed by atoms with Crippen LogP contribution in [0.15, 0.2) is 24.3 Å². The normalized spacial score (nSPS) is 10.2. The van der Waals surface area contributed by atoms with E-state index in [1.165, 1.54) is 12.1 Å². The van der Waals surface area contributed by atoms with Crippen molar-refractivity contribution in [3.8, 4) is 5.75 Å². The molecule has 0 aliphatic heterocycles. The number of benzene rings is 1. The molecule has 0 unspecified atom stereocenters. The van der Waals surface area contributed by atoms with Gasteiger partial charge in [0.15, 0.2) is 0 Å². The molecule has 0 atom stereocenters. The first kappa shape index (κ1) is 14.0. The number of rotatable bonds is 5. The molecule has 0 aromatic heterocycles. The summed E-state index contributed by atoms with van der Waals surface area (Å²) in [5, 5.41) is 14.6. The van der Waals surface area contributed by atoms with E-state index in [4.69, 9.17) is 0 Å². The summed E-state index contributed by atoms with van der Waals surface area (Å²) in [7, 11) is 0. The monoisotopic (exact) mass is 250 g/mol. The van der Waals surface area contributed by atoms with Gasteiger partial charge in [0.05, 0.1) is 0 Å². The van der Waals surface area contributed by atoms with E-state index in [1.807, 2.05) is 0 Å². The Bertz CT molecular complexity index is 430. The van der Waals surface area contributed by atoms with Crippen LogP contribution in [0.4, 0.5) is 0 Å². The molecule has 0 bridgehead atoms. The third-order valence-corrected chi connectivity index (χ3v) is 2.34. The van der Waals surface area contributed by atoms with Gasteiger partial charge < -0.3 is 15.7 Å². The van der Waals surface area contributed by atoms with Crippen molar-refractivity contribution in [1.82, 2.24) is 10.6 Å². The van der Waals surface area contributed by atoms with Gasteiger partial charge in [0.25, 0.3) is 5.91 Å². The number of nitrogens with one attached hydrogen (secondary N) is 2. The molecule has 1 aromatic carbocycles. The van der Waals surface area contributed by atoms with Crippen LogP contribution in [0.2, 0.25) is 0 Å². The first-order valence-electron chi connectivity index (χ1n) is 5.85. The quantitative estimate of drug-likeness (QED) is 0.679. The van der Waals surface area contributed by atoms with Crippen molar-refractivity contribution >= 4 is 11.8 Å². The summed E-state index contributed by atoms with van der Waals surface area (Å²) < 4.78 is 0. The Labute approximate surface area is 106 Å². The average molecular weight is 250 g/mol. The van der Waals surface area contributed by atoms with Gasteiger partial charge in [0.2, 0.25) is 5.91 Å². The van der Waals surface area contributed by atoms with Crippen LogP contribution >= 0.6 is 0 Å². The molecule has 0 fully saturated rings. The van der Waals surface area contributed by atoms with Crippen LogP contribution in [0.3, 0.4) is 0 Å². The Morgan fingerprint density at radius 1 is 1.22 bits per heavy atom. The van der Waals surface area contributed by atoms with Crippen LogP contribution in [-0.2, 0) is 4.79 Å². The van der Waals surface area contributed by atoms with Crippen LogP contribution in [-0.4, -0.2) is 30.0 Å². The minimum Gasteiger partial charge on any atom is -0.508 e. The Balaban J connectivity index is 2.32. The molecule has 0 aliphatic rings. The Hall–Kier alpha value is -2.04. The molecule has 18 heavy (non-hydrogen) atoms. The molecule has 98 valence electrons. The zero-order valence-corrected chi connectivity index (χ0v) is 10.6. The maximum atomic E-state index is 11.6. The van der Waals surface area contributed by atoms with Gasteiger partial charge >= 0.3 is 0 Å². The SMILES string of the molecule is CC(C)C(=O)NCCNC(=O)c1cccc(O)c1. The number of carbonyl (C=O) groups excluding carboxylic acids is 2. The number of amides is 2. The smallest absolute Gasteiger partial charge is 0.251 e. The molecule has 0 spiro atoms. The Morgan fingerprint density at radius 2 is 1.89 bits per heavy atom. The van der Waals surface area contributed by atoms with Crippen LogP contribution < -0.4 is 10.6 Å². The van der Waals surface area contributed by atoms with Gasteiger partial charge in [-0.15, -0.1) is 0 Å². The first-order valence-corrected chi connectivity index (χ1v) is 5.85. The lowest BCUT2D eigenvalue weighted by molar-refractivity contribution is -0.123. The fraction of sp³-hybridized carbons (Fsp3) is 0.385. The molecule has 1 aromatic rings. The molecule has 0 aliphatic carbocycles. The maximum Gasteiger partial charge on any atom is 0.251 e. The molecule has 0 saturated heterocycles. The molecule has 0 radical (unpaired) electrons. The predicted molar refractivity (Wildman–Crippen MR) is 68.3 cm³/mol. The third-order valence-electron chi connectivity index (χ3n) is 2.34. The van der Waals surface area contributed by atoms with E-state index in [1.54, 1.807) is 26.0 Å². The lowest BCUT2D eigenvalue weighted by Gasteiger charge is -2.08. The van der Waals surface area contributed by atoms with Gasteiger partial charge in [-0.05, 0) is 18.2 Å². The van der Waals surface area contributed by atoms with E-state index in [0.29, 0.717) is 18.7 Å². The number of hydrogen-bond acceptors (Lipinski definition) is 3. The zero-order valence-electron chi connectivity index (χ0n) is 10.6. The van der Waals surface area contributed by atoms with Crippen molar-refractivity contribution in [2.75, 3.05) is 13.1 Å². The molecule has 0 saturated carbocycles. The van der Waals surface area contributed by atoms with Crippen molar-refractivity contribution in [2.45, 2.75) is 13.8 Å². The van der Waals surface area contributed by atoms with E-state index in [-0.39, 0.29) is 23.5 Å². The maximum absolute atomic E-state index is 11.6. The molecular weight excluding hydrogens is 232 g/mol. The van der Waals surface area contributed by atoms with E-state index in [2.05, 4.69) is 10.6 Å². The van der Waals surface area contributed by atoms with Crippen molar-refractivity contribution < 1.29 is 14.7 Å². The van der Waals surface area contributed by atoms with Crippen molar-refractivity contribution in [1.29, 1.82) is 0 Å².